The molecule has 0 saturated carbocycles. The fraction of sp³-hybridized carbons (Fsp3) is 0.393. The van der Waals surface area contributed by atoms with E-state index in [1.165, 1.54) is 4.90 Å². The van der Waals surface area contributed by atoms with Crippen LogP contribution in [-0.2, 0) is 24.7 Å². The highest BCUT2D eigenvalue weighted by molar-refractivity contribution is 5.93. The highest BCUT2D eigenvalue weighted by Gasteiger charge is 2.59. The van der Waals surface area contributed by atoms with Gasteiger partial charge in [0.1, 0.15) is 24.0 Å². The van der Waals surface area contributed by atoms with E-state index in [9.17, 15) is 19.8 Å². The zero-order chi connectivity index (χ0) is 26.2. The third-order valence-electron chi connectivity index (χ3n) is 7.21. The summed E-state index contributed by atoms with van der Waals surface area (Å²) >= 11 is 0. The standard InChI is InChI=1S/C28H30N2O7/c1-18-7-8-21(13-19(18)2)35-12-9-24(31)30-11-10-27(34,17-28(30)36-25(32)14-26(33)37-28)23-16-29-15-20-5-3-4-6-22(20)23/h3-8,13,15-16,24,31,34H,9-12,14,17H2,1-2H3/t24-,27?/m0/s1. The zero-order valence-electron chi connectivity index (χ0n) is 20.8. The molecule has 2 aliphatic rings. The number of rotatable bonds is 6. The smallest absolute Gasteiger partial charge is 0.325 e. The molecule has 2 saturated heterocycles. The zero-order valence-corrected chi connectivity index (χ0v) is 20.8. The van der Waals surface area contributed by atoms with E-state index in [-0.39, 0.29) is 32.4 Å². The second-order valence-corrected chi connectivity index (χ2v) is 9.76. The number of aliphatic hydroxyl groups is 2. The fourth-order valence-corrected chi connectivity index (χ4v) is 5.13. The molecule has 0 aliphatic carbocycles. The van der Waals surface area contributed by atoms with Crippen LogP contribution in [0.5, 0.6) is 5.75 Å². The number of hydrogen-bond donors (Lipinski definition) is 2. The number of carbonyl (C=O) groups is 2. The van der Waals surface area contributed by atoms with E-state index in [0.717, 1.165) is 21.9 Å². The van der Waals surface area contributed by atoms with Crippen LogP contribution >= 0.6 is 0 Å². The van der Waals surface area contributed by atoms with E-state index < -0.39 is 36.1 Å². The van der Waals surface area contributed by atoms with Gasteiger partial charge in [0.15, 0.2) is 0 Å². The van der Waals surface area contributed by atoms with Crippen molar-refractivity contribution < 1.29 is 34.0 Å². The largest absolute Gasteiger partial charge is 0.493 e. The number of nitrogens with zero attached hydrogens (tertiary/aromatic N) is 2. The molecule has 0 radical (unpaired) electrons. The molecule has 1 spiro atoms. The summed E-state index contributed by atoms with van der Waals surface area (Å²) in [5, 5.41) is 24.6. The molecule has 0 bridgehead atoms. The number of aromatic nitrogens is 1. The molecule has 2 fully saturated rings. The van der Waals surface area contributed by atoms with Gasteiger partial charge in [0.2, 0.25) is 0 Å². The first-order valence-electron chi connectivity index (χ1n) is 12.3. The molecule has 3 heterocycles. The Bertz CT molecular complexity index is 1320. The average Bonchev–Trinajstić information content (AvgIpc) is 2.85. The van der Waals surface area contributed by atoms with Gasteiger partial charge in [-0.1, -0.05) is 30.3 Å². The van der Waals surface area contributed by atoms with Gasteiger partial charge >= 0.3 is 17.8 Å². The van der Waals surface area contributed by atoms with E-state index in [1.54, 1.807) is 12.4 Å². The number of hydrogen-bond acceptors (Lipinski definition) is 9. The molecule has 0 amide bonds. The van der Waals surface area contributed by atoms with Gasteiger partial charge in [-0.3, -0.25) is 14.6 Å². The number of benzene rings is 2. The van der Waals surface area contributed by atoms with Gasteiger partial charge in [-0.15, -0.1) is 0 Å². The number of aliphatic hydroxyl groups excluding tert-OH is 1. The molecule has 3 aromatic rings. The Morgan fingerprint density at radius 3 is 2.59 bits per heavy atom. The lowest BCUT2D eigenvalue weighted by molar-refractivity contribution is -0.353. The first-order valence-corrected chi connectivity index (χ1v) is 12.3. The molecule has 37 heavy (non-hydrogen) atoms. The summed E-state index contributed by atoms with van der Waals surface area (Å²) in [4.78, 5) is 30.5. The summed E-state index contributed by atoms with van der Waals surface area (Å²) < 4.78 is 17.0. The molecule has 1 aromatic heterocycles. The molecule has 1 unspecified atom stereocenters. The highest BCUT2D eigenvalue weighted by Crippen LogP contribution is 2.46. The Morgan fingerprint density at radius 1 is 1.08 bits per heavy atom. The quantitative estimate of drug-likeness (QED) is 0.384. The van der Waals surface area contributed by atoms with Crippen LogP contribution in [-0.4, -0.2) is 57.3 Å². The normalized spacial score (nSPS) is 22.5. The Labute approximate surface area is 214 Å². The molecule has 2 atom stereocenters. The van der Waals surface area contributed by atoms with Crippen molar-refractivity contribution in [1.29, 1.82) is 0 Å². The number of piperidine rings is 1. The number of fused-ring (bicyclic) bond motifs is 1. The van der Waals surface area contributed by atoms with E-state index in [0.29, 0.717) is 11.3 Å². The molecule has 194 valence electrons. The van der Waals surface area contributed by atoms with Crippen LogP contribution in [0, 0.1) is 13.8 Å². The first-order chi connectivity index (χ1) is 17.7. The lowest BCUT2D eigenvalue weighted by atomic mass is 9.80. The maximum absolute atomic E-state index is 12.4. The topological polar surface area (TPSA) is 118 Å². The van der Waals surface area contributed by atoms with Crippen molar-refractivity contribution in [3.8, 4) is 5.75 Å². The van der Waals surface area contributed by atoms with Crippen LogP contribution in [0.4, 0.5) is 0 Å². The number of aryl methyl sites for hydroxylation is 2. The Hall–Kier alpha value is -3.53. The molecule has 2 N–H and O–H groups in total. The van der Waals surface area contributed by atoms with E-state index in [1.807, 2.05) is 56.3 Å². The monoisotopic (exact) mass is 506 g/mol. The van der Waals surface area contributed by atoms with Crippen molar-refractivity contribution in [3.63, 3.8) is 0 Å². The predicted octanol–water partition coefficient (Wildman–Crippen LogP) is 3.07. The van der Waals surface area contributed by atoms with Crippen LogP contribution < -0.4 is 4.74 Å². The number of likely N-dealkylation sites (tertiary alicyclic amines) is 1. The molecule has 9 heteroatoms. The third-order valence-corrected chi connectivity index (χ3v) is 7.21. The van der Waals surface area contributed by atoms with Gasteiger partial charge in [-0.05, 0) is 48.9 Å². The van der Waals surface area contributed by atoms with Gasteiger partial charge in [0.05, 0.1) is 13.0 Å². The molecular formula is C28H30N2O7. The van der Waals surface area contributed by atoms with Crippen LogP contribution in [0.3, 0.4) is 0 Å². The summed E-state index contributed by atoms with van der Waals surface area (Å²) in [5.74, 6) is -2.84. The van der Waals surface area contributed by atoms with Crippen LogP contribution in [0.2, 0.25) is 0 Å². The summed E-state index contributed by atoms with van der Waals surface area (Å²) in [6.45, 7) is 4.27. The molecule has 9 nitrogen and oxygen atoms in total. The van der Waals surface area contributed by atoms with Crippen molar-refractivity contribution in [2.24, 2.45) is 0 Å². The van der Waals surface area contributed by atoms with Crippen molar-refractivity contribution in [2.45, 2.75) is 57.3 Å². The minimum atomic E-state index is -1.96. The maximum atomic E-state index is 12.4. The highest BCUT2D eigenvalue weighted by atomic mass is 16.8. The lowest BCUT2D eigenvalue weighted by Crippen LogP contribution is -2.66. The van der Waals surface area contributed by atoms with Crippen LogP contribution in [0.1, 0.15) is 42.4 Å². The van der Waals surface area contributed by atoms with Gasteiger partial charge in [0.25, 0.3) is 0 Å². The molecular weight excluding hydrogens is 476 g/mol. The second kappa shape index (κ2) is 9.74. The fourth-order valence-electron chi connectivity index (χ4n) is 5.13. The number of pyridine rings is 1. The summed E-state index contributed by atoms with van der Waals surface area (Å²) in [5.41, 5.74) is 1.25. The van der Waals surface area contributed by atoms with E-state index in [4.69, 9.17) is 14.2 Å². The van der Waals surface area contributed by atoms with Gasteiger partial charge < -0.3 is 24.4 Å². The Morgan fingerprint density at radius 2 is 1.84 bits per heavy atom. The number of ether oxygens (including phenoxy) is 3. The molecule has 2 aromatic carbocycles. The summed E-state index contributed by atoms with van der Waals surface area (Å²) in [6, 6.07) is 13.3. The van der Waals surface area contributed by atoms with Crippen molar-refractivity contribution >= 4 is 22.7 Å². The van der Waals surface area contributed by atoms with Gasteiger partial charge in [0, 0.05) is 36.3 Å². The average molecular weight is 507 g/mol. The van der Waals surface area contributed by atoms with Crippen LogP contribution in [0.15, 0.2) is 54.9 Å². The summed E-state index contributed by atoms with van der Waals surface area (Å²) in [7, 11) is 0. The molecule has 2 aliphatic heterocycles. The summed E-state index contributed by atoms with van der Waals surface area (Å²) in [6.07, 6.45) is 1.64. The SMILES string of the molecule is Cc1ccc(OCC[C@H](O)N2CCC(O)(c3cncc4ccccc34)CC23OC(=O)CC(=O)O3)cc1C. The molecule has 5 rings (SSSR count). The minimum Gasteiger partial charge on any atom is -0.493 e. The second-order valence-electron chi connectivity index (χ2n) is 9.76. The van der Waals surface area contributed by atoms with E-state index >= 15 is 0 Å². The third kappa shape index (κ3) is 4.90. The van der Waals surface area contributed by atoms with Crippen molar-refractivity contribution in [1.82, 2.24) is 9.88 Å². The van der Waals surface area contributed by atoms with Crippen LogP contribution in [0.25, 0.3) is 10.8 Å². The number of carbonyl (C=O) groups excluding carboxylic acids is 2. The minimum absolute atomic E-state index is 0.0884. The predicted molar refractivity (Wildman–Crippen MR) is 133 cm³/mol. The Kier molecular flexibility index (Phi) is 6.61. The lowest BCUT2D eigenvalue weighted by Gasteiger charge is -2.52. The van der Waals surface area contributed by atoms with Crippen molar-refractivity contribution in [3.05, 3.63) is 71.5 Å². The van der Waals surface area contributed by atoms with Gasteiger partial charge in [-0.25, -0.2) is 4.90 Å². The van der Waals surface area contributed by atoms with Gasteiger partial charge in [-0.2, -0.15) is 0 Å². The Balaban J connectivity index is 1.40. The maximum Gasteiger partial charge on any atom is 0.325 e. The van der Waals surface area contributed by atoms with E-state index in [2.05, 4.69) is 4.98 Å². The van der Waals surface area contributed by atoms with Crippen molar-refractivity contribution in [2.75, 3.05) is 13.2 Å². The first kappa shape index (κ1) is 25.1. The number of esters is 2.